The van der Waals surface area contributed by atoms with Crippen LogP contribution in [0.2, 0.25) is 0 Å². The van der Waals surface area contributed by atoms with Crippen LogP contribution in [-0.4, -0.2) is 48.7 Å². The maximum absolute atomic E-state index is 5.35. The van der Waals surface area contributed by atoms with Crippen molar-refractivity contribution in [1.29, 1.82) is 0 Å². The molecule has 0 saturated carbocycles. The lowest BCUT2D eigenvalue weighted by atomic mass is 10.1. The Morgan fingerprint density at radius 1 is 1.16 bits per heavy atom. The first-order valence-corrected chi connectivity index (χ1v) is 9.80. The molecule has 0 amide bonds. The van der Waals surface area contributed by atoms with E-state index in [0.717, 1.165) is 43.5 Å². The molecule has 144 valence electrons. The highest BCUT2D eigenvalue weighted by atomic mass is 16.5. The monoisotopic (exact) mass is 351 g/mol. The van der Waals surface area contributed by atoms with E-state index in [-0.39, 0.29) is 0 Å². The second-order valence-electron chi connectivity index (χ2n) is 6.69. The topological polar surface area (TPSA) is 65.7 Å². The molecule has 25 heavy (non-hydrogen) atoms. The molecular formula is C19H37N5O. The summed E-state index contributed by atoms with van der Waals surface area (Å²) in [6.45, 7) is 16.6. The fourth-order valence-corrected chi connectivity index (χ4v) is 2.65. The van der Waals surface area contributed by atoms with Crippen LogP contribution in [0.1, 0.15) is 71.3 Å². The number of aromatic nitrogens is 1. The summed E-state index contributed by atoms with van der Waals surface area (Å²) in [5, 5.41) is 10.8. The second-order valence-corrected chi connectivity index (χ2v) is 6.69. The minimum Gasteiger partial charge on any atom is -0.359 e. The van der Waals surface area contributed by atoms with E-state index in [1.807, 2.05) is 6.07 Å². The minimum absolute atomic E-state index is 0.377. The van der Waals surface area contributed by atoms with Crippen LogP contribution < -0.4 is 10.6 Å². The van der Waals surface area contributed by atoms with Gasteiger partial charge in [-0.25, -0.2) is 4.99 Å². The Morgan fingerprint density at radius 3 is 2.44 bits per heavy atom. The molecular weight excluding hydrogens is 314 g/mol. The molecule has 0 bridgehead atoms. The summed E-state index contributed by atoms with van der Waals surface area (Å²) in [7, 11) is 0. The first-order chi connectivity index (χ1) is 12.1. The summed E-state index contributed by atoms with van der Waals surface area (Å²) in [6, 6.07) is 1.99. The van der Waals surface area contributed by atoms with Gasteiger partial charge in [-0.2, -0.15) is 0 Å². The van der Waals surface area contributed by atoms with Gasteiger partial charge in [-0.3, -0.25) is 0 Å². The van der Waals surface area contributed by atoms with E-state index in [9.17, 15) is 0 Å². The second kappa shape index (κ2) is 12.8. The molecule has 0 aliphatic rings. The summed E-state index contributed by atoms with van der Waals surface area (Å²) in [5.74, 6) is 2.02. The summed E-state index contributed by atoms with van der Waals surface area (Å²) in [5.41, 5.74) is 0.982. The summed E-state index contributed by atoms with van der Waals surface area (Å²) < 4.78 is 5.35. The molecule has 1 rings (SSSR count). The predicted molar refractivity (Wildman–Crippen MR) is 105 cm³/mol. The van der Waals surface area contributed by atoms with Crippen molar-refractivity contribution in [3.05, 3.63) is 17.5 Å². The molecule has 0 spiro atoms. The van der Waals surface area contributed by atoms with E-state index in [1.54, 1.807) is 0 Å². The van der Waals surface area contributed by atoms with Crippen molar-refractivity contribution >= 4 is 5.96 Å². The number of nitrogens with one attached hydrogen (secondary N) is 2. The maximum Gasteiger partial charge on any atom is 0.191 e. The van der Waals surface area contributed by atoms with Crippen molar-refractivity contribution in [2.45, 2.75) is 66.3 Å². The molecule has 6 heteroatoms. The first-order valence-electron chi connectivity index (χ1n) is 9.80. The number of rotatable bonds is 12. The molecule has 1 aromatic heterocycles. The molecule has 0 atom stereocenters. The fraction of sp³-hybridized carbons (Fsp3) is 0.789. The summed E-state index contributed by atoms with van der Waals surface area (Å²) in [4.78, 5) is 7.13. The average molecular weight is 352 g/mol. The number of aliphatic imine (C=N–C) groups is 1. The zero-order valence-electron chi connectivity index (χ0n) is 16.8. The quantitative estimate of drug-likeness (QED) is 0.343. The summed E-state index contributed by atoms with van der Waals surface area (Å²) in [6.07, 6.45) is 3.55. The maximum atomic E-state index is 5.35. The normalized spacial score (nSPS) is 12.2. The van der Waals surface area contributed by atoms with Gasteiger partial charge in [-0.05, 0) is 51.7 Å². The van der Waals surface area contributed by atoms with Crippen LogP contribution in [0.25, 0.3) is 0 Å². The molecule has 0 unspecified atom stereocenters. The standard InChI is InChI=1S/C19H37N5O/c1-6-11-24(12-7-2)13-9-10-21-19(20-8-3)22-15-17-14-18(16(4)5)23-25-17/h14,16H,6-13,15H2,1-5H3,(H2,20,21,22). The average Bonchev–Trinajstić information content (AvgIpc) is 3.06. The van der Waals surface area contributed by atoms with E-state index in [1.165, 1.54) is 25.9 Å². The largest absolute Gasteiger partial charge is 0.359 e. The fourth-order valence-electron chi connectivity index (χ4n) is 2.65. The Balaban J connectivity index is 2.41. The Bertz CT molecular complexity index is 478. The SMILES string of the molecule is CCCN(CCC)CCCNC(=NCc1cc(C(C)C)no1)NCC. The van der Waals surface area contributed by atoms with Crippen LogP contribution in [0.4, 0.5) is 0 Å². The van der Waals surface area contributed by atoms with Gasteiger partial charge in [0.1, 0.15) is 6.54 Å². The van der Waals surface area contributed by atoms with Crippen LogP contribution in [0.5, 0.6) is 0 Å². The van der Waals surface area contributed by atoms with E-state index in [0.29, 0.717) is 12.5 Å². The Kier molecular flexibility index (Phi) is 11.0. The number of nitrogens with zero attached hydrogens (tertiary/aromatic N) is 3. The van der Waals surface area contributed by atoms with Gasteiger partial charge in [0.2, 0.25) is 0 Å². The van der Waals surface area contributed by atoms with Crippen LogP contribution in [0.15, 0.2) is 15.6 Å². The third kappa shape index (κ3) is 8.91. The Labute approximate surface area is 153 Å². The van der Waals surface area contributed by atoms with Crippen molar-refractivity contribution in [3.63, 3.8) is 0 Å². The van der Waals surface area contributed by atoms with Gasteiger partial charge in [-0.15, -0.1) is 0 Å². The number of guanidine groups is 1. The van der Waals surface area contributed by atoms with E-state index >= 15 is 0 Å². The lowest BCUT2D eigenvalue weighted by Gasteiger charge is -2.21. The van der Waals surface area contributed by atoms with Crippen LogP contribution >= 0.6 is 0 Å². The highest BCUT2D eigenvalue weighted by Gasteiger charge is 2.07. The Morgan fingerprint density at radius 2 is 1.88 bits per heavy atom. The number of hydrogen-bond donors (Lipinski definition) is 2. The van der Waals surface area contributed by atoms with Crippen LogP contribution in [0, 0.1) is 0 Å². The highest BCUT2D eigenvalue weighted by Crippen LogP contribution is 2.14. The van der Waals surface area contributed by atoms with Gasteiger partial charge in [0.15, 0.2) is 11.7 Å². The molecule has 2 N–H and O–H groups in total. The van der Waals surface area contributed by atoms with Crippen LogP contribution in [0.3, 0.4) is 0 Å². The molecule has 0 fully saturated rings. The third-order valence-electron chi connectivity index (χ3n) is 3.93. The summed E-state index contributed by atoms with van der Waals surface area (Å²) >= 11 is 0. The van der Waals surface area contributed by atoms with E-state index < -0.39 is 0 Å². The van der Waals surface area contributed by atoms with E-state index in [2.05, 4.69) is 60.3 Å². The van der Waals surface area contributed by atoms with Gasteiger partial charge in [0.05, 0.1) is 5.69 Å². The van der Waals surface area contributed by atoms with Gasteiger partial charge in [0.25, 0.3) is 0 Å². The highest BCUT2D eigenvalue weighted by molar-refractivity contribution is 5.79. The van der Waals surface area contributed by atoms with Gasteiger partial charge < -0.3 is 20.1 Å². The van der Waals surface area contributed by atoms with Crippen LogP contribution in [-0.2, 0) is 6.54 Å². The molecule has 0 aliphatic heterocycles. The van der Waals surface area contributed by atoms with Crippen molar-refractivity contribution in [1.82, 2.24) is 20.7 Å². The van der Waals surface area contributed by atoms with Crippen molar-refractivity contribution in [2.24, 2.45) is 4.99 Å². The molecule has 1 aromatic rings. The molecule has 0 aromatic carbocycles. The number of hydrogen-bond acceptors (Lipinski definition) is 4. The molecule has 1 heterocycles. The third-order valence-corrected chi connectivity index (χ3v) is 3.93. The van der Waals surface area contributed by atoms with Gasteiger partial charge in [0, 0.05) is 19.2 Å². The Hall–Kier alpha value is -1.56. The predicted octanol–water partition coefficient (Wildman–Crippen LogP) is 3.37. The van der Waals surface area contributed by atoms with Crippen molar-refractivity contribution in [3.8, 4) is 0 Å². The zero-order valence-corrected chi connectivity index (χ0v) is 16.8. The molecule has 0 radical (unpaired) electrons. The zero-order chi connectivity index (χ0) is 18.5. The lowest BCUT2D eigenvalue weighted by Crippen LogP contribution is -2.39. The van der Waals surface area contributed by atoms with Crippen molar-refractivity contribution in [2.75, 3.05) is 32.7 Å². The van der Waals surface area contributed by atoms with Crippen molar-refractivity contribution < 1.29 is 4.52 Å². The van der Waals surface area contributed by atoms with Gasteiger partial charge in [-0.1, -0.05) is 32.9 Å². The van der Waals surface area contributed by atoms with Gasteiger partial charge >= 0.3 is 0 Å². The molecule has 0 aliphatic carbocycles. The molecule has 6 nitrogen and oxygen atoms in total. The minimum atomic E-state index is 0.377. The molecule has 0 saturated heterocycles. The van der Waals surface area contributed by atoms with E-state index in [4.69, 9.17) is 4.52 Å². The lowest BCUT2D eigenvalue weighted by molar-refractivity contribution is 0.271. The smallest absolute Gasteiger partial charge is 0.191 e. The first kappa shape index (κ1) is 21.5.